The number of hydrogen-bond acceptors (Lipinski definition) is 7. The van der Waals surface area contributed by atoms with Gasteiger partial charge in [0.2, 0.25) is 10.0 Å². The third-order valence-corrected chi connectivity index (χ3v) is 6.72. The molecule has 2 amide bonds. The van der Waals surface area contributed by atoms with Gasteiger partial charge in [0.1, 0.15) is 18.4 Å². The summed E-state index contributed by atoms with van der Waals surface area (Å²) in [5.74, 6) is -0.431. The number of amides is 2. The Morgan fingerprint density at radius 2 is 1.67 bits per heavy atom. The van der Waals surface area contributed by atoms with Crippen LogP contribution in [0.2, 0.25) is 0 Å². The number of nitrogens with zero attached hydrogens (tertiary/aromatic N) is 2. The first-order valence-electron chi connectivity index (χ1n) is 10.5. The van der Waals surface area contributed by atoms with Gasteiger partial charge in [-0.05, 0) is 29.8 Å². The van der Waals surface area contributed by atoms with Gasteiger partial charge in [-0.15, -0.1) is 0 Å². The normalized spacial score (nSPS) is 16.1. The molecule has 10 nitrogen and oxygen atoms in total. The minimum atomic E-state index is -3.31. The Labute approximate surface area is 193 Å². The fraction of sp³-hybridized carbons (Fsp3) is 0.364. The van der Waals surface area contributed by atoms with Crippen LogP contribution in [0.3, 0.4) is 0 Å². The highest BCUT2D eigenvalue weighted by Crippen LogP contribution is 2.15. The number of benzene rings is 2. The van der Waals surface area contributed by atoms with Crippen molar-refractivity contribution in [3.8, 4) is 5.75 Å². The molecule has 0 radical (unpaired) electrons. The molecule has 1 aliphatic heterocycles. The number of ether oxygens (including phenoxy) is 1. The molecule has 0 aromatic heterocycles. The van der Waals surface area contributed by atoms with Gasteiger partial charge in [0.25, 0.3) is 11.8 Å². The van der Waals surface area contributed by atoms with Crippen LogP contribution in [0.25, 0.3) is 0 Å². The van der Waals surface area contributed by atoms with E-state index in [0.29, 0.717) is 31.0 Å². The van der Waals surface area contributed by atoms with Gasteiger partial charge in [-0.2, -0.15) is 4.31 Å². The lowest BCUT2D eigenvalue weighted by Crippen LogP contribution is -2.58. The molecular weight excluding hydrogens is 448 g/mol. The Bertz CT molecular complexity index is 1040. The second-order valence-corrected chi connectivity index (χ2v) is 9.68. The first kappa shape index (κ1) is 24.6. The summed E-state index contributed by atoms with van der Waals surface area (Å²) in [5, 5.41) is 11.8. The van der Waals surface area contributed by atoms with Gasteiger partial charge >= 0.3 is 0 Å². The van der Waals surface area contributed by atoms with E-state index >= 15 is 0 Å². The molecule has 178 valence electrons. The second-order valence-electron chi connectivity index (χ2n) is 7.70. The van der Waals surface area contributed by atoms with Crippen LogP contribution < -0.4 is 15.5 Å². The highest BCUT2D eigenvalue weighted by atomic mass is 32.2. The average Bonchev–Trinajstić information content (AvgIpc) is 2.83. The fourth-order valence-corrected chi connectivity index (χ4v) is 4.37. The molecule has 0 aliphatic carbocycles. The van der Waals surface area contributed by atoms with Crippen LogP contribution in [0.15, 0.2) is 54.6 Å². The molecule has 1 atom stereocenters. The third-order valence-electron chi connectivity index (χ3n) is 5.42. The van der Waals surface area contributed by atoms with E-state index in [0.717, 1.165) is 11.8 Å². The summed E-state index contributed by atoms with van der Waals surface area (Å²) in [6.07, 6.45) is 1.14. The van der Waals surface area contributed by atoms with Gasteiger partial charge in [-0.25, -0.2) is 13.9 Å². The molecule has 1 fully saturated rings. The number of piperazine rings is 1. The molecule has 1 heterocycles. The molecule has 3 rings (SSSR count). The lowest BCUT2D eigenvalue weighted by Gasteiger charge is -2.37. The molecular formula is C22H28N4O6S. The average molecular weight is 477 g/mol. The van der Waals surface area contributed by atoms with Crippen molar-refractivity contribution in [2.24, 2.45) is 0 Å². The molecule has 11 heteroatoms. The SMILES string of the molecule is CS(=O)(=O)N1CCN([C@@H](CNC(=O)c2ccc(OCc3ccccc3)cc2)C(=O)NO)CC1. The highest BCUT2D eigenvalue weighted by Gasteiger charge is 2.31. The van der Waals surface area contributed by atoms with E-state index in [4.69, 9.17) is 9.94 Å². The van der Waals surface area contributed by atoms with Gasteiger partial charge in [0, 0.05) is 38.3 Å². The summed E-state index contributed by atoms with van der Waals surface area (Å²) in [5.41, 5.74) is 3.05. The van der Waals surface area contributed by atoms with Gasteiger partial charge in [-0.1, -0.05) is 30.3 Å². The van der Waals surface area contributed by atoms with E-state index in [9.17, 15) is 18.0 Å². The van der Waals surface area contributed by atoms with Crippen molar-refractivity contribution in [1.82, 2.24) is 20.0 Å². The van der Waals surface area contributed by atoms with Crippen molar-refractivity contribution in [1.29, 1.82) is 0 Å². The maximum Gasteiger partial charge on any atom is 0.262 e. The van der Waals surface area contributed by atoms with Crippen LogP contribution in [-0.4, -0.2) is 79.7 Å². The van der Waals surface area contributed by atoms with Crippen LogP contribution >= 0.6 is 0 Å². The van der Waals surface area contributed by atoms with E-state index in [2.05, 4.69) is 5.32 Å². The van der Waals surface area contributed by atoms with E-state index in [1.165, 1.54) is 4.31 Å². The van der Waals surface area contributed by atoms with Crippen molar-refractivity contribution in [2.45, 2.75) is 12.6 Å². The largest absolute Gasteiger partial charge is 0.489 e. The number of sulfonamides is 1. The van der Waals surface area contributed by atoms with Crippen molar-refractivity contribution < 1.29 is 28.0 Å². The van der Waals surface area contributed by atoms with Gasteiger partial charge in [0.05, 0.1) is 6.26 Å². The molecule has 33 heavy (non-hydrogen) atoms. The van der Waals surface area contributed by atoms with Crippen LogP contribution in [0, 0.1) is 0 Å². The van der Waals surface area contributed by atoms with Gasteiger partial charge in [-0.3, -0.25) is 19.7 Å². The number of carbonyl (C=O) groups is 2. The summed E-state index contributed by atoms with van der Waals surface area (Å²) in [4.78, 5) is 26.5. The van der Waals surface area contributed by atoms with E-state index < -0.39 is 22.0 Å². The molecule has 1 saturated heterocycles. The topological polar surface area (TPSA) is 128 Å². The fourth-order valence-electron chi connectivity index (χ4n) is 3.54. The molecule has 2 aromatic carbocycles. The molecule has 2 aromatic rings. The maximum absolute atomic E-state index is 12.6. The number of nitrogens with one attached hydrogen (secondary N) is 2. The standard InChI is InChI=1S/C22H28N4O6S/c1-33(30,31)26-13-11-25(12-14-26)20(22(28)24-29)15-23-21(27)18-7-9-19(10-8-18)32-16-17-5-3-2-4-6-17/h2-10,20,29H,11-16H2,1H3,(H,23,27)(H,24,28)/t20-/m0/s1. The van der Waals surface area contributed by atoms with Crippen LogP contribution in [0.5, 0.6) is 5.75 Å². The first-order valence-corrected chi connectivity index (χ1v) is 12.3. The first-order chi connectivity index (χ1) is 15.8. The number of hydrogen-bond donors (Lipinski definition) is 3. The third kappa shape index (κ3) is 6.99. The predicted octanol–water partition coefficient (Wildman–Crippen LogP) is 0.447. The number of carbonyl (C=O) groups excluding carboxylic acids is 2. The van der Waals surface area contributed by atoms with Crippen molar-refractivity contribution >= 4 is 21.8 Å². The molecule has 1 aliphatic rings. The van der Waals surface area contributed by atoms with Crippen LogP contribution in [-0.2, 0) is 21.4 Å². The quantitative estimate of drug-likeness (QED) is 0.354. The van der Waals surface area contributed by atoms with Crippen molar-refractivity contribution in [3.63, 3.8) is 0 Å². The Kier molecular flexibility index (Phi) is 8.39. The Morgan fingerprint density at radius 1 is 1.03 bits per heavy atom. The molecule has 3 N–H and O–H groups in total. The van der Waals surface area contributed by atoms with Crippen molar-refractivity contribution in [2.75, 3.05) is 39.0 Å². The van der Waals surface area contributed by atoms with Gasteiger partial charge in [0.15, 0.2) is 0 Å². The zero-order valence-electron chi connectivity index (χ0n) is 18.3. The summed E-state index contributed by atoms with van der Waals surface area (Å²) in [6, 6.07) is 15.5. The number of hydroxylamine groups is 1. The molecule has 0 spiro atoms. The maximum atomic E-state index is 12.6. The Hall–Kier alpha value is -2.99. The van der Waals surface area contributed by atoms with E-state index in [1.807, 2.05) is 30.3 Å². The highest BCUT2D eigenvalue weighted by molar-refractivity contribution is 7.88. The molecule has 0 unspecified atom stereocenters. The smallest absolute Gasteiger partial charge is 0.262 e. The Morgan fingerprint density at radius 3 is 2.24 bits per heavy atom. The van der Waals surface area contributed by atoms with E-state index in [-0.39, 0.29) is 25.5 Å². The molecule has 0 saturated carbocycles. The van der Waals surface area contributed by atoms with Crippen LogP contribution in [0.4, 0.5) is 0 Å². The summed E-state index contributed by atoms with van der Waals surface area (Å²) < 4.78 is 30.4. The number of rotatable bonds is 9. The molecule has 0 bridgehead atoms. The summed E-state index contributed by atoms with van der Waals surface area (Å²) in [7, 11) is -3.31. The minimum absolute atomic E-state index is 0.0453. The van der Waals surface area contributed by atoms with Gasteiger partial charge < -0.3 is 10.1 Å². The monoisotopic (exact) mass is 476 g/mol. The second kappa shape index (κ2) is 11.2. The minimum Gasteiger partial charge on any atom is -0.489 e. The Balaban J connectivity index is 1.54. The predicted molar refractivity (Wildman–Crippen MR) is 121 cm³/mol. The zero-order valence-corrected chi connectivity index (χ0v) is 19.1. The lowest BCUT2D eigenvalue weighted by atomic mass is 10.1. The zero-order chi connectivity index (χ0) is 23.8. The van der Waals surface area contributed by atoms with Crippen LogP contribution in [0.1, 0.15) is 15.9 Å². The summed E-state index contributed by atoms with van der Waals surface area (Å²) in [6.45, 7) is 1.43. The lowest BCUT2D eigenvalue weighted by molar-refractivity contribution is -0.135. The van der Waals surface area contributed by atoms with Crippen molar-refractivity contribution in [3.05, 3.63) is 65.7 Å². The van der Waals surface area contributed by atoms with E-state index in [1.54, 1.807) is 34.6 Å². The summed E-state index contributed by atoms with van der Waals surface area (Å²) >= 11 is 0.